The Morgan fingerprint density at radius 1 is 1.24 bits per heavy atom. The van der Waals surface area contributed by atoms with Crippen molar-refractivity contribution in [1.82, 2.24) is 15.5 Å². The molecule has 5 heteroatoms. The average molecular weight is 291 g/mol. The van der Waals surface area contributed by atoms with Gasteiger partial charge in [0.1, 0.15) is 5.54 Å². The second-order valence-electron chi connectivity index (χ2n) is 6.84. The number of nitrogens with one attached hydrogen (secondary N) is 2. The summed E-state index contributed by atoms with van der Waals surface area (Å²) in [4.78, 5) is 25.9. The first-order valence-corrected chi connectivity index (χ1v) is 8.09. The van der Waals surface area contributed by atoms with Crippen LogP contribution in [0.1, 0.15) is 39.0 Å². The maximum Gasteiger partial charge on any atom is 0.322 e. The molecular weight excluding hydrogens is 266 g/mol. The number of piperidine rings is 1. The molecule has 0 radical (unpaired) electrons. The van der Waals surface area contributed by atoms with Gasteiger partial charge in [0.2, 0.25) is 0 Å². The van der Waals surface area contributed by atoms with Crippen molar-refractivity contribution in [2.45, 2.75) is 44.6 Å². The molecule has 0 saturated carbocycles. The van der Waals surface area contributed by atoms with E-state index in [-0.39, 0.29) is 17.9 Å². The molecule has 3 amide bonds. The molecule has 2 unspecified atom stereocenters. The molecule has 116 valence electrons. The maximum absolute atomic E-state index is 12.0. The van der Waals surface area contributed by atoms with E-state index in [1.807, 2.05) is 6.92 Å². The highest BCUT2D eigenvalue weighted by Gasteiger charge is 2.48. The summed E-state index contributed by atoms with van der Waals surface area (Å²) in [6, 6.07) is -0.348. The first-order valence-electron chi connectivity index (χ1n) is 8.09. The van der Waals surface area contributed by atoms with Crippen LogP contribution in [-0.4, -0.2) is 42.0 Å². The van der Waals surface area contributed by atoms with Crippen LogP contribution in [0.3, 0.4) is 0 Å². The van der Waals surface area contributed by atoms with Crippen molar-refractivity contribution in [3.05, 3.63) is 12.2 Å². The van der Waals surface area contributed by atoms with E-state index in [9.17, 15) is 9.59 Å². The molecule has 0 aromatic carbocycles. The maximum atomic E-state index is 12.0. The molecular formula is C16H25N3O2. The number of allylic oxidation sites excluding steroid dienone is 2. The molecule has 2 fully saturated rings. The van der Waals surface area contributed by atoms with E-state index in [4.69, 9.17) is 0 Å². The Hall–Kier alpha value is -1.36. The van der Waals surface area contributed by atoms with Crippen LogP contribution in [0.4, 0.5) is 4.79 Å². The van der Waals surface area contributed by atoms with Crippen molar-refractivity contribution in [1.29, 1.82) is 0 Å². The molecule has 0 spiro atoms. The number of carbonyl (C=O) groups is 2. The summed E-state index contributed by atoms with van der Waals surface area (Å²) in [6.07, 6.45) is 10.3. The van der Waals surface area contributed by atoms with Gasteiger partial charge in [-0.15, -0.1) is 0 Å². The Labute approximate surface area is 126 Å². The Morgan fingerprint density at radius 3 is 2.57 bits per heavy atom. The minimum Gasteiger partial charge on any atom is -0.323 e. The fraction of sp³-hybridized carbons (Fsp3) is 0.750. The lowest BCUT2D eigenvalue weighted by atomic mass is 9.79. The monoisotopic (exact) mass is 291 g/mol. The minimum absolute atomic E-state index is 0.164. The smallest absolute Gasteiger partial charge is 0.322 e. The number of hydrogen-bond acceptors (Lipinski definition) is 3. The van der Waals surface area contributed by atoms with Crippen molar-refractivity contribution >= 4 is 11.9 Å². The van der Waals surface area contributed by atoms with Crippen LogP contribution in [-0.2, 0) is 4.79 Å². The number of rotatable bonds is 3. The van der Waals surface area contributed by atoms with Crippen LogP contribution in [0.2, 0.25) is 0 Å². The standard InChI is InChI=1S/C16H25N3O2/c1-16(14(20)17-15(21)18-16)13-7-9-19(10-8-13)11-12-5-3-2-4-6-12/h2-3,12-13H,4-11H2,1H3,(H2,17,18,20,21). The summed E-state index contributed by atoms with van der Waals surface area (Å²) < 4.78 is 0. The summed E-state index contributed by atoms with van der Waals surface area (Å²) >= 11 is 0. The number of urea groups is 1. The average Bonchev–Trinajstić information content (AvgIpc) is 2.74. The largest absolute Gasteiger partial charge is 0.323 e. The second-order valence-corrected chi connectivity index (χ2v) is 6.84. The molecule has 2 saturated heterocycles. The van der Waals surface area contributed by atoms with Crippen molar-refractivity contribution in [3.63, 3.8) is 0 Å². The van der Waals surface area contributed by atoms with Gasteiger partial charge in [-0.05, 0) is 64.0 Å². The summed E-state index contributed by atoms with van der Waals surface area (Å²) in [5.74, 6) is 0.867. The van der Waals surface area contributed by atoms with Crippen molar-refractivity contribution in [3.8, 4) is 0 Å². The van der Waals surface area contributed by atoms with E-state index in [0.29, 0.717) is 0 Å². The van der Waals surface area contributed by atoms with Gasteiger partial charge in [0.15, 0.2) is 0 Å². The quantitative estimate of drug-likeness (QED) is 0.614. The van der Waals surface area contributed by atoms with E-state index >= 15 is 0 Å². The number of likely N-dealkylation sites (tertiary alicyclic amines) is 1. The van der Waals surface area contributed by atoms with Gasteiger partial charge in [-0.3, -0.25) is 10.1 Å². The summed E-state index contributed by atoms with van der Waals surface area (Å²) in [5.41, 5.74) is -0.712. The van der Waals surface area contributed by atoms with E-state index in [0.717, 1.165) is 31.8 Å². The van der Waals surface area contributed by atoms with Gasteiger partial charge in [-0.2, -0.15) is 0 Å². The molecule has 0 aromatic heterocycles. The fourth-order valence-corrected chi connectivity index (χ4v) is 3.92. The number of imide groups is 1. The number of carbonyl (C=O) groups excluding carboxylic acids is 2. The van der Waals surface area contributed by atoms with E-state index < -0.39 is 5.54 Å². The van der Waals surface area contributed by atoms with Crippen molar-refractivity contribution in [2.75, 3.05) is 19.6 Å². The van der Waals surface area contributed by atoms with Gasteiger partial charge in [-0.1, -0.05) is 12.2 Å². The molecule has 3 rings (SSSR count). The first-order chi connectivity index (χ1) is 10.1. The molecule has 2 aliphatic heterocycles. The molecule has 2 atom stereocenters. The van der Waals surface area contributed by atoms with Gasteiger partial charge in [0, 0.05) is 6.54 Å². The highest BCUT2D eigenvalue weighted by molar-refractivity contribution is 6.06. The lowest BCUT2D eigenvalue weighted by Gasteiger charge is -2.39. The number of nitrogens with zero attached hydrogens (tertiary/aromatic N) is 1. The van der Waals surface area contributed by atoms with Gasteiger partial charge in [-0.25, -0.2) is 4.79 Å². The summed E-state index contributed by atoms with van der Waals surface area (Å²) in [7, 11) is 0. The Balaban J connectivity index is 1.52. The zero-order valence-electron chi connectivity index (χ0n) is 12.7. The van der Waals surface area contributed by atoms with E-state index in [2.05, 4.69) is 27.7 Å². The third-order valence-corrected chi connectivity index (χ3v) is 5.37. The summed E-state index contributed by atoms with van der Waals surface area (Å²) in [5, 5.41) is 5.19. The third-order valence-electron chi connectivity index (χ3n) is 5.37. The summed E-state index contributed by atoms with van der Waals surface area (Å²) in [6.45, 7) is 5.10. The SMILES string of the molecule is CC1(C2CCN(CC3CC=CCC3)CC2)NC(=O)NC1=O. The molecule has 3 aliphatic rings. The minimum atomic E-state index is -0.712. The predicted octanol–water partition coefficient (Wildman–Crippen LogP) is 1.65. The van der Waals surface area contributed by atoms with Gasteiger partial charge in [0.25, 0.3) is 5.91 Å². The molecule has 5 nitrogen and oxygen atoms in total. The lowest BCUT2D eigenvalue weighted by Crippen LogP contribution is -2.54. The van der Waals surface area contributed by atoms with Crippen LogP contribution < -0.4 is 10.6 Å². The zero-order chi connectivity index (χ0) is 14.9. The van der Waals surface area contributed by atoms with Crippen LogP contribution in [0, 0.1) is 11.8 Å². The van der Waals surface area contributed by atoms with Crippen LogP contribution in [0.5, 0.6) is 0 Å². The van der Waals surface area contributed by atoms with Crippen LogP contribution in [0.25, 0.3) is 0 Å². The van der Waals surface area contributed by atoms with Gasteiger partial charge < -0.3 is 10.2 Å². The highest BCUT2D eigenvalue weighted by Crippen LogP contribution is 2.31. The Bertz CT molecular complexity index is 454. The first kappa shape index (κ1) is 14.6. The molecule has 2 heterocycles. The van der Waals surface area contributed by atoms with Crippen LogP contribution in [0.15, 0.2) is 12.2 Å². The number of amides is 3. The van der Waals surface area contributed by atoms with E-state index in [1.54, 1.807) is 0 Å². The fourth-order valence-electron chi connectivity index (χ4n) is 3.92. The number of hydrogen-bond donors (Lipinski definition) is 2. The molecule has 2 N–H and O–H groups in total. The zero-order valence-corrected chi connectivity index (χ0v) is 12.7. The molecule has 21 heavy (non-hydrogen) atoms. The molecule has 0 aromatic rings. The second kappa shape index (κ2) is 5.79. The Kier molecular flexibility index (Phi) is 4.02. The van der Waals surface area contributed by atoms with Crippen LogP contribution >= 0.6 is 0 Å². The lowest BCUT2D eigenvalue weighted by molar-refractivity contribution is -0.125. The topological polar surface area (TPSA) is 61.4 Å². The van der Waals surface area contributed by atoms with Crippen molar-refractivity contribution < 1.29 is 9.59 Å². The molecule has 1 aliphatic carbocycles. The normalized spacial score (nSPS) is 34.8. The van der Waals surface area contributed by atoms with Gasteiger partial charge in [0.05, 0.1) is 0 Å². The van der Waals surface area contributed by atoms with E-state index in [1.165, 1.54) is 25.8 Å². The third kappa shape index (κ3) is 2.98. The molecule has 0 bridgehead atoms. The predicted molar refractivity (Wildman–Crippen MR) is 80.7 cm³/mol. The Morgan fingerprint density at radius 2 is 2.00 bits per heavy atom. The van der Waals surface area contributed by atoms with Crippen molar-refractivity contribution in [2.24, 2.45) is 11.8 Å². The highest BCUT2D eigenvalue weighted by atomic mass is 16.2. The van der Waals surface area contributed by atoms with Gasteiger partial charge >= 0.3 is 6.03 Å².